The molecule has 57 heavy (non-hydrogen) atoms. The maximum Gasteiger partial charge on any atom is 0.320 e. The Labute approximate surface area is 337 Å². The van der Waals surface area contributed by atoms with Crippen LogP contribution in [0.4, 0.5) is 16.6 Å². The van der Waals surface area contributed by atoms with Crippen molar-refractivity contribution in [2.75, 3.05) is 49.5 Å². The van der Waals surface area contributed by atoms with E-state index >= 15 is 0 Å². The molecule has 0 spiro atoms. The van der Waals surface area contributed by atoms with Crippen LogP contribution in [-0.2, 0) is 11.8 Å². The van der Waals surface area contributed by atoms with Gasteiger partial charge >= 0.3 is 6.03 Å². The number of amides is 2. The van der Waals surface area contributed by atoms with Gasteiger partial charge in [0.1, 0.15) is 18.2 Å². The van der Waals surface area contributed by atoms with Crippen LogP contribution in [-0.4, -0.2) is 86.7 Å². The molecule has 0 bridgehead atoms. The second kappa shape index (κ2) is 16.9. The minimum atomic E-state index is -0.242. The van der Waals surface area contributed by atoms with Crippen molar-refractivity contribution in [2.24, 2.45) is 0 Å². The van der Waals surface area contributed by atoms with Gasteiger partial charge in [0.05, 0.1) is 17.4 Å². The maximum atomic E-state index is 13.8. The number of anilines is 2. The molecule has 4 atom stereocenters. The third kappa shape index (κ3) is 8.82. The fourth-order valence-electron chi connectivity index (χ4n) is 9.01. The van der Waals surface area contributed by atoms with Gasteiger partial charge in [-0.1, -0.05) is 57.2 Å². The summed E-state index contributed by atoms with van der Waals surface area (Å²) in [6, 6.07) is 23.4. The Hall–Kier alpha value is -4.94. The zero-order valence-corrected chi connectivity index (χ0v) is 34.4. The van der Waals surface area contributed by atoms with Crippen molar-refractivity contribution in [1.82, 2.24) is 39.9 Å². The quantitative estimate of drug-likeness (QED) is 0.126. The van der Waals surface area contributed by atoms with Crippen LogP contribution < -0.4 is 25.6 Å². The van der Waals surface area contributed by atoms with Crippen LogP contribution in [0.25, 0.3) is 11.3 Å². The van der Waals surface area contributed by atoms with Crippen molar-refractivity contribution in [3.8, 4) is 11.4 Å². The minimum Gasteiger partial charge on any atom is -0.492 e. The number of rotatable bonds is 11. The van der Waals surface area contributed by atoms with Gasteiger partial charge in [-0.25, -0.2) is 9.48 Å². The molecule has 2 amide bonds. The van der Waals surface area contributed by atoms with Crippen molar-refractivity contribution in [3.63, 3.8) is 0 Å². The summed E-state index contributed by atoms with van der Waals surface area (Å²) >= 11 is 0. The molecule has 3 aliphatic rings. The number of fused-ring (bicyclic) bond motifs is 2. The highest BCUT2D eigenvalue weighted by Gasteiger charge is 2.30. The van der Waals surface area contributed by atoms with E-state index in [4.69, 9.17) is 9.84 Å². The van der Waals surface area contributed by atoms with E-state index < -0.39 is 0 Å². The molecular formula is C45H60N10O2. The first kappa shape index (κ1) is 38.9. The molecule has 0 unspecified atom stereocenters. The maximum absolute atomic E-state index is 13.8. The number of hydrogen-bond donors (Lipinski definition) is 3. The second-order valence-corrected chi connectivity index (χ2v) is 17.4. The van der Waals surface area contributed by atoms with E-state index in [1.54, 1.807) is 0 Å². The first-order valence-electron chi connectivity index (χ1n) is 21.2. The number of carbonyl (C=O) groups excluding carboxylic acids is 1. The summed E-state index contributed by atoms with van der Waals surface area (Å²) in [5.41, 5.74) is 6.22. The number of benzene rings is 2. The molecule has 0 radical (unpaired) electrons. The van der Waals surface area contributed by atoms with Gasteiger partial charge in [-0.15, -0.1) is 10.2 Å². The highest BCUT2D eigenvalue weighted by molar-refractivity contribution is 5.89. The van der Waals surface area contributed by atoms with E-state index in [9.17, 15) is 4.79 Å². The largest absolute Gasteiger partial charge is 0.492 e. The molecule has 2 saturated heterocycles. The molecule has 3 aromatic heterocycles. The average Bonchev–Trinajstić information content (AvgIpc) is 3.83. The molecule has 3 N–H and O–H groups in total. The normalized spacial score (nSPS) is 21.7. The van der Waals surface area contributed by atoms with Gasteiger partial charge in [-0.2, -0.15) is 5.10 Å². The summed E-state index contributed by atoms with van der Waals surface area (Å²) in [7, 11) is 0. The number of aryl methyl sites for hydroxylation is 1. The predicted molar refractivity (Wildman–Crippen MR) is 227 cm³/mol. The third-order valence-electron chi connectivity index (χ3n) is 12.2. The van der Waals surface area contributed by atoms with Gasteiger partial charge in [0.15, 0.2) is 5.65 Å². The Morgan fingerprint density at radius 1 is 0.912 bits per heavy atom. The SMILES string of the molecule is C[C@@H]1CCC[C@H](C)N1c1nnc2ccc(CC[C@@H]3CC[C@H](NC(=O)Nc4cc(C(C)(C)C)nn4-c4cccc(OCCN5CCNCC5)c4)c4ccccc43)cn12. The molecule has 5 aromatic rings. The Balaban J connectivity index is 0.935. The lowest BCUT2D eigenvalue weighted by Crippen LogP contribution is -2.44. The van der Waals surface area contributed by atoms with E-state index in [2.05, 4.69) is 118 Å². The molecule has 8 rings (SSSR count). The predicted octanol–water partition coefficient (Wildman–Crippen LogP) is 7.64. The first-order valence-corrected chi connectivity index (χ1v) is 21.2. The summed E-state index contributed by atoms with van der Waals surface area (Å²) in [6.45, 7) is 16.6. The number of hydrogen-bond acceptors (Lipinski definition) is 8. The van der Waals surface area contributed by atoms with Gasteiger partial charge < -0.3 is 20.3 Å². The minimum absolute atomic E-state index is 0.0900. The molecule has 5 heterocycles. The number of carbonyl (C=O) groups is 1. The number of pyridine rings is 1. The van der Waals surface area contributed by atoms with E-state index in [1.807, 2.05) is 35.0 Å². The van der Waals surface area contributed by atoms with Crippen LogP contribution >= 0.6 is 0 Å². The van der Waals surface area contributed by atoms with Gasteiger partial charge in [0, 0.05) is 68.6 Å². The zero-order valence-electron chi connectivity index (χ0n) is 34.4. The molecule has 12 nitrogen and oxygen atoms in total. The zero-order chi connectivity index (χ0) is 39.5. The van der Waals surface area contributed by atoms with E-state index in [0.717, 1.165) is 87.1 Å². The van der Waals surface area contributed by atoms with Crippen molar-refractivity contribution >= 4 is 23.4 Å². The van der Waals surface area contributed by atoms with Gasteiger partial charge in [-0.3, -0.25) is 14.6 Å². The number of piperidine rings is 1. The highest BCUT2D eigenvalue weighted by atomic mass is 16.5. The van der Waals surface area contributed by atoms with Crippen LogP contribution in [0.1, 0.15) is 107 Å². The average molecular weight is 773 g/mol. The number of aromatic nitrogens is 5. The van der Waals surface area contributed by atoms with Crippen LogP contribution in [0.3, 0.4) is 0 Å². The summed E-state index contributed by atoms with van der Waals surface area (Å²) in [5.74, 6) is 2.77. The highest BCUT2D eigenvalue weighted by Crippen LogP contribution is 2.40. The van der Waals surface area contributed by atoms with Crippen molar-refractivity contribution in [1.29, 1.82) is 0 Å². The Kier molecular flexibility index (Phi) is 11.5. The van der Waals surface area contributed by atoms with Gasteiger partial charge in [0.25, 0.3) is 0 Å². The fraction of sp³-hybridized carbons (Fsp3) is 0.511. The lowest BCUT2D eigenvalue weighted by Gasteiger charge is -2.39. The second-order valence-electron chi connectivity index (χ2n) is 17.4. The molecule has 0 saturated carbocycles. The molecule has 302 valence electrons. The standard InChI is InChI=1S/C45H60N10O2/c1-31-10-8-11-32(2)54(31)44-50-49-41-21-17-33(30-53(41)44)16-18-34-19-20-39(38-15-7-6-14-37(34)38)47-43(56)48-42-29-40(45(3,4)5)51-55(42)35-12-9-13-36(28-35)57-27-26-52-24-22-46-23-25-52/h6-7,9,12-15,17,21,28-32,34,39,46H,8,10-11,16,18-20,22-27H2,1-5H3,(H2,47,48,56)/t31-,32+,34-,39+/m1/s1. The summed E-state index contributed by atoms with van der Waals surface area (Å²) in [4.78, 5) is 18.7. The summed E-state index contributed by atoms with van der Waals surface area (Å²) in [6.07, 6.45) is 9.73. The monoisotopic (exact) mass is 772 g/mol. The molecular weight excluding hydrogens is 713 g/mol. The summed E-state index contributed by atoms with van der Waals surface area (Å²) < 4.78 is 10.2. The molecule has 12 heteroatoms. The van der Waals surface area contributed by atoms with Crippen molar-refractivity contribution in [2.45, 2.75) is 109 Å². The van der Waals surface area contributed by atoms with Gasteiger partial charge in [0.2, 0.25) is 5.95 Å². The Bertz CT molecular complexity index is 2140. The number of ether oxygens (including phenoxy) is 1. The lowest BCUT2D eigenvalue weighted by atomic mass is 9.77. The third-order valence-corrected chi connectivity index (χ3v) is 12.2. The van der Waals surface area contributed by atoms with Crippen LogP contribution in [0.15, 0.2) is 72.9 Å². The van der Waals surface area contributed by atoms with Crippen molar-refractivity contribution in [3.05, 3.63) is 95.3 Å². The summed E-state index contributed by atoms with van der Waals surface area (Å²) in [5, 5.41) is 24.0. The molecule has 1 aliphatic carbocycles. The Morgan fingerprint density at radius 2 is 1.70 bits per heavy atom. The van der Waals surface area contributed by atoms with Crippen LogP contribution in [0, 0.1) is 0 Å². The van der Waals surface area contributed by atoms with E-state index in [1.165, 1.54) is 36.0 Å². The topological polar surface area (TPSA) is 117 Å². The van der Waals surface area contributed by atoms with Crippen LogP contribution in [0.5, 0.6) is 5.75 Å². The van der Waals surface area contributed by atoms with Crippen molar-refractivity contribution < 1.29 is 9.53 Å². The molecule has 2 fully saturated rings. The van der Waals surface area contributed by atoms with E-state index in [-0.39, 0.29) is 17.5 Å². The fourth-order valence-corrected chi connectivity index (χ4v) is 9.01. The van der Waals surface area contributed by atoms with Crippen LogP contribution in [0.2, 0.25) is 0 Å². The van der Waals surface area contributed by atoms with E-state index in [0.29, 0.717) is 30.4 Å². The Morgan fingerprint density at radius 3 is 2.49 bits per heavy atom. The number of nitrogens with zero attached hydrogens (tertiary/aromatic N) is 7. The van der Waals surface area contributed by atoms with Gasteiger partial charge in [-0.05, 0) is 99.6 Å². The molecule has 2 aromatic carbocycles. The smallest absolute Gasteiger partial charge is 0.320 e. The number of nitrogens with one attached hydrogen (secondary N) is 3. The number of urea groups is 1. The number of piperazine rings is 1. The first-order chi connectivity index (χ1) is 27.6. The molecule has 2 aliphatic heterocycles. The lowest BCUT2D eigenvalue weighted by molar-refractivity contribution is 0.191.